The molecule has 0 amide bonds. The Labute approximate surface area is 141 Å². The van der Waals surface area contributed by atoms with Gasteiger partial charge in [0.05, 0.1) is 0 Å². The number of hydrogen-bond donors (Lipinski definition) is 0. The highest BCUT2D eigenvalue weighted by Crippen LogP contribution is 2.48. The van der Waals surface area contributed by atoms with E-state index in [1.165, 1.54) is 18.2 Å². The van der Waals surface area contributed by atoms with Gasteiger partial charge in [-0.25, -0.2) is 0 Å². The minimum Gasteiger partial charge on any atom is -0.191 e. The van der Waals surface area contributed by atoms with Gasteiger partial charge >= 0.3 is 12.1 Å². The highest BCUT2D eigenvalue weighted by atomic mass is 79.9. The van der Waals surface area contributed by atoms with Crippen molar-refractivity contribution >= 4 is 39.1 Å². The molecular weight excluding hydrogens is 414 g/mol. The van der Waals surface area contributed by atoms with Crippen LogP contribution in [0.3, 0.4) is 0 Å². The summed E-state index contributed by atoms with van der Waals surface area (Å²) >= 11 is 14.7. The molecule has 0 aliphatic rings. The monoisotopic (exact) mass is 417 g/mol. The summed E-state index contributed by atoms with van der Waals surface area (Å²) in [5, 5.41) is 0.159. The van der Waals surface area contributed by atoms with Crippen molar-refractivity contribution in [1.82, 2.24) is 0 Å². The lowest BCUT2D eigenvalue weighted by molar-refractivity contribution is -0.289. The van der Waals surface area contributed by atoms with Crippen LogP contribution in [0.1, 0.15) is 5.56 Å². The highest BCUT2D eigenvalue weighted by molar-refractivity contribution is 9.10. The van der Waals surface area contributed by atoms with Gasteiger partial charge in [0.2, 0.25) is 0 Å². The van der Waals surface area contributed by atoms with Crippen LogP contribution in [0.2, 0.25) is 10.0 Å². The molecule has 2 rings (SSSR count). The number of halogens is 8. The van der Waals surface area contributed by atoms with Gasteiger partial charge in [-0.15, -0.1) is 0 Å². The van der Waals surface area contributed by atoms with Crippen molar-refractivity contribution in [2.75, 3.05) is 0 Å². The van der Waals surface area contributed by atoms with E-state index in [9.17, 15) is 22.0 Å². The molecule has 0 saturated heterocycles. The van der Waals surface area contributed by atoms with E-state index in [4.69, 9.17) is 23.2 Å². The van der Waals surface area contributed by atoms with E-state index < -0.39 is 17.7 Å². The molecule has 0 aliphatic carbocycles. The Bertz CT molecular complexity index is 713. The molecule has 2 aromatic rings. The molecule has 0 aromatic heterocycles. The van der Waals surface area contributed by atoms with Crippen LogP contribution >= 0.6 is 39.1 Å². The Morgan fingerprint density at radius 1 is 0.955 bits per heavy atom. The standard InChI is InChI=1S/C14H5BrCl2F5/c15-7-1-3-11(13(18,19)14(20,21)22)9(5-7)10-6-8(16)2-4-12(10)17/h2-6H. The Morgan fingerprint density at radius 2 is 1.59 bits per heavy atom. The topological polar surface area (TPSA) is 0 Å². The maximum atomic E-state index is 13.7. The van der Waals surface area contributed by atoms with Gasteiger partial charge in [0.25, 0.3) is 0 Å². The maximum absolute atomic E-state index is 13.7. The highest BCUT2D eigenvalue weighted by Gasteiger charge is 2.59. The maximum Gasteiger partial charge on any atom is 0.458 e. The third-order valence-electron chi connectivity index (χ3n) is 2.83. The molecule has 22 heavy (non-hydrogen) atoms. The summed E-state index contributed by atoms with van der Waals surface area (Å²) in [7, 11) is 0. The average Bonchev–Trinajstić information content (AvgIpc) is 2.40. The van der Waals surface area contributed by atoms with Crippen molar-refractivity contribution in [2.45, 2.75) is 12.1 Å². The van der Waals surface area contributed by atoms with Gasteiger partial charge in [-0.3, -0.25) is 0 Å². The molecule has 1 radical (unpaired) electrons. The molecule has 0 N–H and O–H groups in total. The van der Waals surface area contributed by atoms with E-state index in [1.807, 2.05) is 0 Å². The van der Waals surface area contributed by atoms with E-state index in [-0.39, 0.29) is 25.6 Å². The van der Waals surface area contributed by atoms with Crippen molar-refractivity contribution in [3.8, 4) is 11.1 Å². The lowest BCUT2D eigenvalue weighted by atomic mass is 9.95. The number of rotatable bonds is 2. The van der Waals surface area contributed by atoms with Crippen LogP contribution < -0.4 is 0 Å². The molecule has 117 valence electrons. The van der Waals surface area contributed by atoms with E-state index >= 15 is 0 Å². The molecule has 0 atom stereocenters. The first-order valence-electron chi connectivity index (χ1n) is 5.65. The Kier molecular flexibility index (Phi) is 4.76. The fourth-order valence-electron chi connectivity index (χ4n) is 1.80. The molecule has 0 bridgehead atoms. The van der Waals surface area contributed by atoms with Crippen LogP contribution in [0.25, 0.3) is 11.1 Å². The number of hydrogen-bond acceptors (Lipinski definition) is 0. The molecule has 0 heterocycles. The first kappa shape index (κ1) is 17.5. The first-order chi connectivity index (χ1) is 10.0. The summed E-state index contributed by atoms with van der Waals surface area (Å²) in [5.74, 6) is -5.05. The van der Waals surface area contributed by atoms with E-state index in [1.54, 1.807) is 0 Å². The lowest BCUT2D eigenvalue weighted by Gasteiger charge is -2.23. The zero-order chi connectivity index (χ0) is 16.7. The van der Waals surface area contributed by atoms with Crippen LogP contribution in [0.15, 0.2) is 34.8 Å². The normalized spacial score (nSPS) is 12.5. The lowest BCUT2D eigenvalue weighted by Crippen LogP contribution is -2.34. The second kappa shape index (κ2) is 5.98. The SMILES string of the molecule is FC(F)(F)C(F)(F)c1c[c]c(Br)cc1-c1cc(Cl)ccc1Cl. The molecule has 0 unspecified atom stereocenters. The average molecular weight is 419 g/mol. The molecule has 2 aromatic carbocycles. The van der Waals surface area contributed by atoms with Crippen molar-refractivity contribution in [3.63, 3.8) is 0 Å². The Hall–Kier alpha value is -0.850. The minimum absolute atomic E-state index is 0.00160. The summed E-state index contributed by atoms with van der Waals surface area (Å²) in [6, 6.07) is 7.90. The number of benzene rings is 2. The van der Waals surface area contributed by atoms with Crippen molar-refractivity contribution in [3.05, 3.63) is 56.5 Å². The molecule has 0 nitrogen and oxygen atoms in total. The molecule has 0 saturated carbocycles. The van der Waals surface area contributed by atoms with Gasteiger partial charge in [-0.2, -0.15) is 22.0 Å². The predicted octanol–water partition coefficient (Wildman–Crippen LogP) is 6.88. The summed E-state index contributed by atoms with van der Waals surface area (Å²) in [4.78, 5) is 0. The van der Waals surface area contributed by atoms with Gasteiger partial charge < -0.3 is 0 Å². The van der Waals surface area contributed by atoms with Crippen LogP contribution in [-0.4, -0.2) is 6.18 Å². The Balaban J connectivity index is 2.77. The van der Waals surface area contributed by atoms with Crippen molar-refractivity contribution in [2.24, 2.45) is 0 Å². The van der Waals surface area contributed by atoms with Gasteiger partial charge in [0.15, 0.2) is 0 Å². The van der Waals surface area contributed by atoms with Crippen LogP contribution in [-0.2, 0) is 5.92 Å². The van der Waals surface area contributed by atoms with Gasteiger partial charge in [0.1, 0.15) is 0 Å². The molecule has 0 spiro atoms. The van der Waals surface area contributed by atoms with Crippen molar-refractivity contribution in [1.29, 1.82) is 0 Å². The molecule has 0 aliphatic heterocycles. The first-order valence-corrected chi connectivity index (χ1v) is 7.20. The molecule has 0 fully saturated rings. The minimum atomic E-state index is -5.74. The number of alkyl halides is 5. The molecular formula is C14H5BrCl2F5. The largest absolute Gasteiger partial charge is 0.458 e. The molecule has 8 heteroatoms. The zero-order valence-corrected chi connectivity index (χ0v) is 13.5. The summed E-state index contributed by atoms with van der Waals surface area (Å²) < 4.78 is 65.7. The van der Waals surface area contributed by atoms with Gasteiger partial charge in [0, 0.05) is 25.6 Å². The second-order valence-electron chi connectivity index (χ2n) is 4.30. The van der Waals surface area contributed by atoms with Crippen molar-refractivity contribution < 1.29 is 22.0 Å². The van der Waals surface area contributed by atoms with Gasteiger partial charge in [-0.05, 0) is 42.0 Å². The van der Waals surface area contributed by atoms with Crippen LogP contribution in [0.4, 0.5) is 22.0 Å². The fraction of sp³-hybridized carbons (Fsp3) is 0.143. The van der Waals surface area contributed by atoms with Crippen LogP contribution in [0, 0.1) is 6.07 Å². The fourth-order valence-corrected chi connectivity index (χ4v) is 2.54. The predicted molar refractivity (Wildman–Crippen MR) is 78.4 cm³/mol. The Morgan fingerprint density at radius 3 is 2.18 bits per heavy atom. The third-order valence-corrected chi connectivity index (χ3v) is 3.85. The summed E-state index contributed by atoms with van der Waals surface area (Å²) in [6.45, 7) is 0. The second-order valence-corrected chi connectivity index (χ2v) is 6.00. The summed E-state index contributed by atoms with van der Waals surface area (Å²) in [5.41, 5.74) is -1.64. The summed E-state index contributed by atoms with van der Waals surface area (Å²) in [6.07, 6.45) is -5.74. The quantitative estimate of drug-likeness (QED) is 0.466. The smallest absolute Gasteiger partial charge is 0.191 e. The zero-order valence-electron chi connectivity index (χ0n) is 10.4. The van der Waals surface area contributed by atoms with E-state index in [2.05, 4.69) is 22.0 Å². The van der Waals surface area contributed by atoms with Gasteiger partial charge in [-0.1, -0.05) is 39.1 Å². The van der Waals surface area contributed by atoms with E-state index in [0.29, 0.717) is 6.07 Å². The van der Waals surface area contributed by atoms with E-state index in [0.717, 1.165) is 6.07 Å². The van der Waals surface area contributed by atoms with Crippen LogP contribution in [0.5, 0.6) is 0 Å². The third kappa shape index (κ3) is 3.24.